The van der Waals surface area contributed by atoms with Crippen LogP contribution in [-0.4, -0.2) is 132 Å². The standard InChI is InChI=1S/C40H59N3O9/c1-2-22-48-23-24-49-25-26-50-27-28-51-29-30-52-33-40(47)43-20-18-42(19-21-43)39(46)17-16-37(44)32-41-38(45)31-36-14-12-35(13-15-36)11-7-6-10-34-8-4-3-5-9-34/h3-5,8-9,12-15H,2,6-7,10-11,16-33H2,1H3,(H,41,45). The quantitative estimate of drug-likeness (QED) is 0.131. The summed E-state index contributed by atoms with van der Waals surface area (Å²) < 4.78 is 27.1. The molecule has 288 valence electrons. The average molecular weight is 726 g/mol. The SMILES string of the molecule is CCCOCCOCCOCCOCCOCC(=O)N1CCN(C(=O)CCC(=O)CNC(=O)Cc2ccc(CCCCc3ccccc3)cc2)CC1. The van der Waals surface area contributed by atoms with Gasteiger partial charge in [0, 0.05) is 45.6 Å². The van der Waals surface area contributed by atoms with Crippen molar-refractivity contribution >= 4 is 23.5 Å². The van der Waals surface area contributed by atoms with Crippen molar-refractivity contribution in [1.82, 2.24) is 15.1 Å². The zero-order chi connectivity index (χ0) is 37.1. The third-order valence-electron chi connectivity index (χ3n) is 8.56. The van der Waals surface area contributed by atoms with E-state index in [1.165, 1.54) is 11.1 Å². The lowest BCUT2D eigenvalue weighted by molar-refractivity contribution is -0.143. The number of aryl methyl sites for hydroxylation is 2. The Bertz CT molecular complexity index is 1280. The topological polar surface area (TPSA) is 133 Å². The molecule has 52 heavy (non-hydrogen) atoms. The smallest absolute Gasteiger partial charge is 0.248 e. The molecule has 0 unspecified atom stereocenters. The molecule has 0 aliphatic carbocycles. The Labute approximate surface area is 309 Å². The molecule has 1 N–H and O–H groups in total. The summed E-state index contributed by atoms with van der Waals surface area (Å²) in [6.45, 7) is 8.00. The summed E-state index contributed by atoms with van der Waals surface area (Å²) in [6.07, 6.45) is 5.64. The summed E-state index contributed by atoms with van der Waals surface area (Å²) in [5.74, 6) is -0.677. The van der Waals surface area contributed by atoms with Gasteiger partial charge in [-0.25, -0.2) is 0 Å². The molecule has 2 aromatic rings. The molecule has 3 rings (SSSR count). The zero-order valence-corrected chi connectivity index (χ0v) is 31.0. The first-order chi connectivity index (χ1) is 25.4. The van der Waals surface area contributed by atoms with Crippen LogP contribution >= 0.6 is 0 Å². The van der Waals surface area contributed by atoms with E-state index in [1.807, 2.05) is 18.2 Å². The van der Waals surface area contributed by atoms with Crippen molar-refractivity contribution in [2.45, 2.75) is 58.3 Å². The fraction of sp³-hybridized carbons (Fsp3) is 0.600. The highest BCUT2D eigenvalue weighted by atomic mass is 16.6. The van der Waals surface area contributed by atoms with E-state index in [4.69, 9.17) is 23.7 Å². The highest BCUT2D eigenvalue weighted by molar-refractivity contribution is 5.89. The number of ether oxygens (including phenoxy) is 5. The number of carbonyl (C=O) groups is 4. The Morgan fingerprint density at radius 1 is 0.577 bits per heavy atom. The normalized spacial score (nSPS) is 12.9. The number of hydrogen-bond donors (Lipinski definition) is 1. The number of nitrogens with zero attached hydrogens (tertiary/aromatic N) is 2. The van der Waals surface area contributed by atoms with Crippen molar-refractivity contribution in [2.75, 3.05) is 98.8 Å². The minimum Gasteiger partial charge on any atom is -0.379 e. The summed E-state index contributed by atoms with van der Waals surface area (Å²) >= 11 is 0. The van der Waals surface area contributed by atoms with Gasteiger partial charge in [0.2, 0.25) is 17.7 Å². The predicted molar refractivity (Wildman–Crippen MR) is 198 cm³/mol. The van der Waals surface area contributed by atoms with Crippen LogP contribution in [0.15, 0.2) is 54.6 Å². The van der Waals surface area contributed by atoms with E-state index in [9.17, 15) is 19.2 Å². The van der Waals surface area contributed by atoms with Crippen LogP contribution in [0, 0.1) is 0 Å². The molecule has 1 heterocycles. The predicted octanol–water partition coefficient (Wildman–Crippen LogP) is 3.42. The summed E-state index contributed by atoms with van der Waals surface area (Å²) in [7, 11) is 0. The maximum Gasteiger partial charge on any atom is 0.248 e. The molecular weight excluding hydrogens is 666 g/mol. The van der Waals surface area contributed by atoms with Crippen molar-refractivity contribution in [1.29, 1.82) is 0 Å². The summed E-state index contributed by atoms with van der Waals surface area (Å²) in [5, 5.41) is 2.68. The largest absolute Gasteiger partial charge is 0.379 e. The number of piperazine rings is 1. The van der Waals surface area contributed by atoms with E-state index in [-0.39, 0.29) is 55.9 Å². The van der Waals surface area contributed by atoms with Gasteiger partial charge in [-0.15, -0.1) is 0 Å². The van der Waals surface area contributed by atoms with Gasteiger partial charge in [0.05, 0.1) is 65.8 Å². The molecule has 1 saturated heterocycles. The molecular formula is C40H59N3O9. The molecule has 0 bridgehead atoms. The van der Waals surface area contributed by atoms with Crippen LogP contribution in [0.3, 0.4) is 0 Å². The van der Waals surface area contributed by atoms with Crippen molar-refractivity contribution in [3.8, 4) is 0 Å². The van der Waals surface area contributed by atoms with Crippen molar-refractivity contribution in [2.24, 2.45) is 0 Å². The third kappa shape index (κ3) is 19.2. The fourth-order valence-corrected chi connectivity index (χ4v) is 5.54. The van der Waals surface area contributed by atoms with Gasteiger partial charge in [0.1, 0.15) is 6.61 Å². The number of unbranched alkanes of at least 4 members (excludes halogenated alkanes) is 1. The highest BCUT2D eigenvalue weighted by Gasteiger charge is 2.24. The van der Waals surface area contributed by atoms with Gasteiger partial charge in [0.15, 0.2) is 5.78 Å². The fourth-order valence-electron chi connectivity index (χ4n) is 5.54. The molecule has 0 spiro atoms. The van der Waals surface area contributed by atoms with Gasteiger partial charge in [-0.2, -0.15) is 0 Å². The Morgan fingerprint density at radius 3 is 1.62 bits per heavy atom. The highest BCUT2D eigenvalue weighted by Crippen LogP contribution is 2.11. The first kappa shape index (κ1) is 42.7. The molecule has 0 aromatic heterocycles. The van der Waals surface area contributed by atoms with Crippen molar-refractivity contribution in [3.63, 3.8) is 0 Å². The number of carbonyl (C=O) groups excluding carboxylic acids is 4. The number of amides is 3. The Balaban J connectivity index is 1.14. The van der Waals surface area contributed by atoms with E-state index in [2.05, 4.69) is 48.6 Å². The molecule has 2 aromatic carbocycles. The third-order valence-corrected chi connectivity index (χ3v) is 8.56. The second kappa shape index (κ2) is 27.0. The van der Waals surface area contributed by atoms with Crippen molar-refractivity contribution in [3.05, 3.63) is 71.3 Å². The number of rotatable bonds is 28. The van der Waals surface area contributed by atoms with Gasteiger partial charge >= 0.3 is 0 Å². The number of ketones is 1. The Morgan fingerprint density at radius 2 is 1.06 bits per heavy atom. The molecule has 3 amide bonds. The van der Waals surface area contributed by atoms with Gasteiger partial charge in [-0.05, 0) is 48.8 Å². The van der Waals surface area contributed by atoms with Crippen LogP contribution in [0.1, 0.15) is 55.7 Å². The van der Waals surface area contributed by atoms with Crippen LogP contribution in [-0.2, 0) is 62.1 Å². The maximum atomic E-state index is 12.7. The van der Waals surface area contributed by atoms with Crippen LogP contribution in [0.25, 0.3) is 0 Å². The van der Waals surface area contributed by atoms with Crippen LogP contribution in [0.4, 0.5) is 0 Å². The number of Topliss-reactive ketones (excluding diaryl/α,β-unsaturated/α-hetero) is 1. The lowest BCUT2D eigenvalue weighted by Gasteiger charge is -2.34. The van der Waals surface area contributed by atoms with E-state index in [0.29, 0.717) is 79.0 Å². The lowest BCUT2D eigenvalue weighted by atomic mass is 10.0. The van der Waals surface area contributed by atoms with Crippen LogP contribution in [0.5, 0.6) is 0 Å². The van der Waals surface area contributed by atoms with Crippen LogP contribution < -0.4 is 5.32 Å². The van der Waals surface area contributed by atoms with E-state index in [0.717, 1.165) is 44.3 Å². The molecule has 0 radical (unpaired) electrons. The Kier molecular flexibility index (Phi) is 22.2. The minimum atomic E-state index is -0.223. The summed E-state index contributed by atoms with van der Waals surface area (Å²) in [4.78, 5) is 53.4. The first-order valence-corrected chi connectivity index (χ1v) is 18.8. The zero-order valence-electron chi connectivity index (χ0n) is 31.0. The van der Waals surface area contributed by atoms with Crippen LogP contribution in [0.2, 0.25) is 0 Å². The van der Waals surface area contributed by atoms with E-state index < -0.39 is 0 Å². The molecule has 1 fully saturated rings. The molecule has 0 saturated carbocycles. The molecule has 12 heteroatoms. The van der Waals surface area contributed by atoms with Gasteiger partial charge in [-0.3, -0.25) is 19.2 Å². The molecule has 0 atom stereocenters. The molecule has 1 aliphatic rings. The average Bonchev–Trinajstić information content (AvgIpc) is 3.17. The molecule has 12 nitrogen and oxygen atoms in total. The summed E-state index contributed by atoms with van der Waals surface area (Å²) in [6, 6.07) is 18.5. The number of nitrogens with one attached hydrogen (secondary N) is 1. The second-order valence-corrected chi connectivity index (χ2v) is 12.8. The van der Waals surface area contributed by atoms with Gasteiger partial charge in [-0.1, -0.05) is 61.5 Å². The monoisotopic (exact) mass is 725 g/mol. The first-order valence-electron chi connectivity index (χ1n) is 18.8. The summed E-state index contributed by atoms with van der Waals surface area (Å²) in [5.41, 5.74) is 3.50. The molecule has 1 aliphatic heterocycles. The lowest BCUT2D eigenvalue weighted by Crippen LogP contribution is -2.51. The number of hydrogen-bond acceptors (Lipinski definition) is 9. The minimum absolute atomic E-state index is 0.0474. The van der Waals surface area contributed by atoms with E-state index >= 15 is 0 Å². The number of benzene rings is 2. The van der Waals surface area contributed by atoms with Gasteiger partial charge in [0.25, 0.3) is 0 Å². The Hall–Kier alpha value is -3.68. The maximum absolute atomic E-state index is 12.7. The second-order valence-electron chi connectivity index (χ2n) is 12.8. The van der Waals surface area contributed by atoms with Crippen molar-refractivity contribution < 1.29 is 42.9 Å². The van der Waals surface area contributed by atoms with E-state index in [1.54, 1.807) is 9.80 Å². The van der Waals surface area contributed by atoms with Gasteiger partial charge < -0.3 is 38.8 Å².